The Balaban J connectivity index is 1.26. The molecule has 3 aromatic rings. The number of amides is 2. The van der Waals surface area contributed by atoms with E-state index < -0.39 is 0 Å². The highest BCUT2D eigenvalue weighted by Crippen LogP contribution is 2.25. The number of likely N-dealkylation sites (tertiary alicyclic amines) is 1. The Morgan fingerprint density at radius 2 is 2.00 bits per heavy atom. The van der Waals surface area contributed by atoms with Crippen LogP contribution < -0.4 is 4.74 Å². The maximum Gasteiger partial charge on any atom is 0.257 e. The van der Waals surface area contributed by atoms with Crippen LogP contribution in [0.4, 0.5) is 0 Å². The van der Waals surface area contributed by atoms with Crippen molar-refractivity contribution in [1.29, 1.82) is 0 Å². The summed E-state index contributed by atoms with van der Waals surface area (Å²) in [5.41, 5.74) is 2.63. The number of nitrogens with zero attached hydrogens (tertiary/aromatic N) is 2. The molecule has 2 aromatic carbocycles. The predicted molar refractivity (Wildman–Crippen MR) is 128 cm³/mol. The van der Waals surface area contributed by atoms with E-state index >= 15 is 0 Å². The van der Waals surface area contributed by atoms with Gasteiger partial charge in [0.2, 0.25) is 5.91 Å². The van der Waals surface area contributed by atoms with E-state index in [4.69, 9.17) is 13.9 Å². The van der Waals surface area contributed by atoms with Gasteiger partial charge in [-0.3, -0.25) is 9.59 Å². The molecule has 2 saturated heterocycles. The molecule has 3 heterocycles. The van der Waals surface area contributed by atoms with Gasteiger partial charge in [-0.1, -0.05) is 24.3 Å². The molecule has 2 amide bonds. The highest BCUT2D eigenvalue weighted by Gasteiger charge is 2.26. The van der Waals surface area contributed by atoms with Crippen LogP contribution in [0.25, 0.3) is 11.0 Å². The SMILES string of the molecule is O=C1CCCN1CCOc1ccccc1C(=O)N1CCOCC(Cc2cccc3occc23)C1. The summed E-state index contributed by atoms with van der Waals surface area (Å²) < 4.78 is 17.4. The maximum absolute atomic E-state index is 13.5. The van der Waals surface area contributed by atoms with Gasteiger partial charge in [-0.2, -0.15) is 0 Å². The molecule has 1 unspecified atom stereocenters. The third kappa shape index (κ3) is 4.94. The van der Waals surface area contributed by atoms with E-state index in [-0.39, 0.29) is 17.7 Å². The molecule has 178 valence electrons. The number of hydrogen-bond acceptors (Lipinski definition) is 5. The lowest BCUT2D eigenvalue weighted by atomic mass is 9.97. The average molecular weight is 463 g/mol. The van der Waals surface area contributed by atoms with Crippen LogP contribution in [0, 0.1) is 5.92 Å². The molecule has 2 fully saturated rings. The maximum atomic E-state index is 13.5. The van der Waals surface area contributed by atoms with Crippen molar-refractivity contribution in [3.63, 3.8) is 0 Å². The van der Waals surface area contributed by atoms with Crippen molar-refractivity contribution >= 4 is 22.8 Å². The highest BCUT2D eigenvalue weighted by molar-refractivity contribution is 5.97. The zero-order valence-corrected chi connectivity index (χ0v) is 19.3. The van der Waals surface area contributed by atoms with E-state index in [1.165, 1.54) is 5.56 Å². The van der Waals surface area contributed by atoms with Crippen molar-refractivity contribution in [2.24, 2.45) is 5.92 Å². The standard InChI is InChI=1S/C27H30N2O5/c30-26-9-4-11-28(26)13-16-34-25-7-2-1-6-23(25)27(31)29-12-15-32-19-20(18-29)17-21-5-3-8-24-22(21)10-14-33-24/h1-3,5-8,10,14,20H,4,9,11-13,15-19H2. The van der Waals surface area contributed by atoms with Gasteiger partial charge in [-0.05, 0) is 42.7 Å². The summed E-state index contributed by atoms with van der Waals surface area (Å²) in [6.45, 7) is 3.98. The highest BCUT2D eigenvalue weighted by atomic mass is 16.5. The molecule has 0 spiro atoms. The number of benzene rings is 2. The Labute approximate surface area is 199 Å². The first kappa shape index (κ1) is 22.5. The average Bonchev–Trinajstić information content (AvgIpc) is 3.43. The van der Waals surface area contributed by atoms with E-state index in [0.717, 1.165) is 30.4 Å². The number of fused-ring (bicyclic) bond motifs is 1. The molecule has 34 heavy (non-hydrogen) atoms. The number of para-hydroxylation sites is 1. The van der Waals surface area contributed by atoms with Gasteiger partial charge in [0, 0.05) is 37.4 Å². The smallest absolute Gasteiger partial charge is 0.257 e. The lowest BCUT2D eigenvalue weighted by Gasteiger charge is -2.25. The topological polar surface area (TPSA) is 72.2 Å². The molecule has 2 aliphatic rings. The number of hydrogen-bond donors (Lipinski definition) is 0. The predicted octanol–water partition coefficient (Wildman–Crippen LogP) is 3.77. The van der Waals surface area contributed by atoms with Crippen LogP contribution in [0.3, 0.4) is 0 Å². The Bertz CT molecular complexity index is 1160. The van der Waals surface area contributed by atoms with Crippen molar-refractivity contribution < 1.29 is 23.5 Å². The van der Waals surface area contributed by atoms with Crippen molar-refractivity contribution in [2.75, 3.05) is 46.0 Å². The van der Waals surface area contributed by atoms with E-state index in [1.807, 2.05) is 52.3 Å². The first-order valence-electron chi connectivity index (χ1n) is 12.0. The van der Waals surface area contributed by atoms with Crippen LogP contribution in [0.5, 0.6) is 5.75 Å². The number of rotatable bonds is 7. The van der Waals surface area contributed by atoms with E-state index in [0.29, 0.717) is 57.2 Å². The third-order valence-electron chi connectivity index (χ3n) is 6.63. The molecule has 2 aliphatic heterocycles. The van der Waals surface area contributed by atoms with Crippen LogP contribution in [0.15, 0.2) is 59.2 Å². The van der Waals surface area contributed by atoms with Crippen molar-refractivity contribution in [2.45, 2.75) is 19.3 Å². The van der Waals surface area contributed by atoms with E-state index in [9.17, 15) is 9.59 Å². The number of carbonyl (C=O) groups excluding carboxylic acids is 2. The van der Waals surface area contributed by atoms with Crippen LogP contribution in [0.1, 0.15) is 28.8 Å². The van der Waals surface area contributed by atoms with Gasteiger partial charge in [-0.25, -0.2) is 0 Å². The van der Waals surface area contributed by atoms with Gasteiger partial charge in [0.25, 0.3) is 5.91 Å². The number of furan rings is 1. The minimum Gasteiger partial charge on any atom is -0.491 e. The molecule has 0 radical (unpaired) electrons. The molecule has 7 heteroatoms. The third-order valence-corrected chi connectivity index (χ3v) is 6.63. The summed E-state index contributed by atoms with van der Waals surface area (Å²) in [4.78, 5) is 29.1. The van der Waals surface area contributed by atoms with Gasteiger partial charge in [0.15, 0.2) is 0 Å². The zero-order chi connectivity index (χ0) is 23.3. The number of carbonyl (C=O) groups is 2. The van der Waals surface area contributed by atoms with E-state index in [2.05, 4.69) is 6.07 Å². The molecular weight excluding hydrogens is 432 g/mol. The molecule has 7 nitrogen and oxygen atoms in total. The second-order valence-corrected chi connectivity index (χ2v) is 8.97. The Hall–Kier alpha value is -3.32. The summed E-state index contributed by atoms with van der Waals surface area (Å²) in [5, 5.41) is 1.11. The first-order chi connectivity index (χ1) is 16.7. The fraction of sp³-hybridized carbons (Fsp3) is 0.407. The molecule has 0 N–H and O–H groups in total. The molecule has 1 aromatic heterocycles. The zero-order valence-electron chi connectivity index (χ0n) is 19.3. The fourth-order valence-corrected chi connectivity index (χ4v) is 4.88. The van der Waals surface area contributed by atoms with Gasteiger partial charge in [0.1, 0.15) is 17.9 Å². The molecule has 0 aliphatic carbocycles. The summed E-state index contributed by atoms with van der Waals surface area (Å²) in [5.74, 6) is 0.866. The van der Waals surface area contributed by atoms with E-state index in [1.54, 1.807) is 6.26 Å². The molecule has 0 saturated carbocycles. The Kier molecular flexibility index (Phi) is 6.81. The van der Waals surface area contributed by atoms with Crippen LogP contribution in [-0.2, 0) is 16.0 Å². The van der Waals surface area contributed by atoms with Crippen molar-refractivity contribution in [3.05, 3.63) is 65.9 Å². The van der Waals surface area contributed by atoms with Crippen LogP contribution in [0.2, 0.25) is 0 Å². The van der Waals surface area contributed by atoms with Crippen molar-refractivity contribution in [3.8, 4) is 5.75 Å². The van der Waals surface area contributed by atoms with Crippen LogP contribution in [-0.4, -0.2) is 67.6 Å². The Morgan fingerprint density at radius 3 is 2.88 bits per heavy atom. The quantitative estimate of drug-likeness (QED) is 0.535. The largest absolute Gasteiger partial charge is 0.491 e. The molecule has 5 rings (SSSR count). The number of ether oxygens (including phenoxy) is 2. The van der Waals surface area contributed by atoms with Gasteiger partial charge in [-0.15, -0.1) is 0 Å². The Morgan fingerprint density at radius 1 is 1.09 bits per heavy atom. The summed E-state index contributed by atoms with van der Waals surface area (Å²) in [6.07, 6.45) is 4.04. The lowest BCUT2D eigenvalue weighted by molar-refractivity contribution is -0.128. The summed E-state index contributed by atoms with van der Waals surface area (Å²) in [6, 6.07) is 15.4. The van der Waals surface area contributed by atoms with Gasteiger partial charge >= 0.3 is 0 Å². The monoisotopic (exact) mass is 462 g/mol. The lowest BCUT2D eigenvalue weighted by Crippen LogP contribution is -2.36. The normalized spacial score (nSPS) is 18.9. The summed E-state index contributed by atoms with van der Waals surface area (Å²) >= 11 is 0. The second-order valence-electron chi connectivity index (χ2n) is 8.97. The minimum absolute atomic E-state index is 0.0510. The fourth-order valence-electron chi connectivity index (χ4n) is 4.88. The van der Waals surface area contributed by atoms with Gasteiger partial charge < -0.3 is 23.7 Å². The minimum atomic E-state index is -0.0510. The first-order valence-corrected chi connectivity index (χ1v) is 12.0. The molecule has 0 bridgehead atoms. The van der Waals surface area contributed by atoms with Crippen LogP contribution >= 0.6 is 0 Å². The molecule has 1 atom stereocenters. The second kappa shape index (κ2) is 10.3. The summed E-state index contributed by atoms with van der Waals surface area (Å²) in [7, 11) is 0. The molecular formula is C27H30N2O5. The van der Waals surface area contributed by atoms with Gasteiger partial charge in [0.05, 0.1) is 31.6 Å². The van der Waals surface area contributed by atoms with Crippen molar-refractivity contribution in [1.82, 2.24) is 9.80 Å².